The number of hydrogen-bond donors (Lipinski definition) is 1. The van der Waals surface area contributed by atoms with Gasteiger partial charge in [0, 0.05) is 52.5 Å². The van der Waals surface area contributed by atoms with Crippen LogP contribution in [-0.2, 0) is 22.6 Å². The molecule has 8 heteroatoms. The molecule has 30 heavy (non-hydrogen) atoms. The molecule has 1 atom stereocenters. The Balaban J connectivity index is 1.65. The fourth-order valence-electron chi connectivity index (χ4n) is 4.29. The van der Waals surface area contributed by atoms with E-state index in [9.17, 15) is 19.2 Å². The Labute approximate surface area is 174 Å². The van der Waals surface area contributed by atoms with Gasteiger partial charge in [0.15, 0.2) is 0 Å². The van der Waals surface area contributed by atoms with Crippen LogP contribution in [0.25, 0.3) is 0 Å². The van der Waals surface area contributed by atoms with Gasteiger partial charge >= 0.3 is 0 Å². The monoisotopic (exact) mass is 408 g/mol. The summed E-state index contributed by atoms with van der Waals surface area (Å²) >= 11 is 0. The fraction of sp³-hybridized carbons (Fsp3) is 0.364. The largest absolute Gasteiger partial charge is 0.345 e. The number of fused-ring (bicyclic) bond motifs is 2. The number of pyridine rings is 1. The predicted octanol–water partition coefficient (Wildman–Crippen LogP) is 1.11. The number of aromatic nitrogens is 1. The van der Waals surface area contributed by atoms with E-state index in [2.05, 4.69) is 4.98 Å². The van der Waals surface area contributed by atoms with Gasteiger partial charge in [-0.3, -0.25) is 19.2 Å². The van der Waals surface area contributed by atoms with E-state index in [-0.39, 0.29) is 29.7 Å². The lowest BCUT2D eigenvalue weighted by Gasteiger charge is -2.36. The van der Waals surface area contributed by atoms with Crippen LogP contribution in [0.15, 0.2) is 35.3 Å². The van der Waals surface area contributed by atoms with Gasteiger partial charge in [-0.2, -0.15) is 0 Å². The van der Waals surface area contributed by atoms with Gasteiger partial charge in [-0.05, 0) is 29.2 Å². The van der Waals surface area contributed by atoms with E-state index in [1.165, 1.54) is 4.90 Å². The molecule has 1 unspecified atom stereocenters. The number of benzene rings is 1. The molecule has 0 saturated carbocycles. The zero-order valence-electron chi connectivity index (χ0n) is 17.3. The number of para-hydroxylation sites is 1. The molecule has 0 aliphatic carbocycles. The van der Waals surface area contributed by atoms with E-state index < -0.39 is 11.5 Å². The lowest BCUT2D eigenvalue weighted by atomic mass is 9.87. The SMILES string of the molecule is CN(C)C(=O)c1c2c(c[nH]c1=O)CN(C(=O)C1CC(=O)N(C)c3ccccc31)CC2. The molecule has 3 heterocycles. The minimum absolute atomic E-state index is 0.0901. The van der Waals surface area contributed by atoms with Crippen molar-refractivity contribution in [1.82, 2.24) is 14.8 Å². The minimum atomic E-state index is -0.530. The Morgan fingerprint density at radius 3 is 2.63 bits per heavy atom. The lowest BCUT2D eigenvalue weighted by Crippen LogP contribution is -2.44. The molecule has 1 N–H and O–H groups in total. The molecule has 0 spiro atoms. The summed E-state index contributed by atoms with van der Waals surface area (Å²) in [6.07, 6.45) is 2.13. The molecule has 0 fully saturated rings. The first-order chi connectivity index (χ1) is 14.3. The summed E-state index contributed by atoms with van der Waals surface area (Å²) in [6, 6.07) is 7.47. The summed E-state index contributed by atoms with van der Waals surface area (Å²) in [5.74, 6) is -1.08. The highest BCUT2D eigenvalue weighted by Crippen LogP contribution is 2.37. The highest BCUT2D eigenvalue weighted by Gasteiger charge is 2.37. The number of nitrogens with zero attached hydrogens (tertiary/aromatic N) is 3. The second kappa shape index (κ2) is 7.44. The van der Waals surface area contributed by atoms with Crippen molar-refractivity contribution in [3.63, 3.8) is 0 Å². The summed E-state index contributed by atoms with van der Waals surface area (Å²) in [7, 11) is 4.93. The van der Waals surface area contributed by atoms with Gasteiger partial charge in [-0.1, -0.05) is 18.2 Å². The van der Waals surface area contributed by atoms with Crippen molar-refractivity contribution in [2.45, 2.75) is 25.3 Å². The van der Waals surface area contributed by atoms with E-state index in [1.807, 2.05) is 24.3 Å². The molecule has 1 aromatic heterocycles. The third-order valence-corrected chi connectivity index (χ3v) is 5.94. The Kier molecular flexibility index (Phi) is 4.93. The molecular formula is C22H24N4O4. The van der Waals surface area contributed by atoms with Crippen molar-refractivity contribution < 1.29 is 14.4 Å². The molecule has 8 nitrogen and oxygen atoms in total. The number of anilines is 1. The van der Waals surface area contributed by atoms with Crippen LogP contribution < -0.4 is 10.5 Å². The van der Waals surface area contributed by atoms with Gasteiger partial charge in [0.2, 0.25) is 11.8 Å². The van der Waals surface area contributed by atoms with Crippen LogP contribution in [0.4, 0.5) is 5.69 Å². The molecule has 4 rings (SSSR count). The van der Waals surface area contributed by atoms with Gasteiger partial charge in [0.1, 0.15) is 5.56 Å². The van der Waals surface area contributed by atoms with E-state index in [0.717, 1.165) is 16.8 Å². The molecule has 0 saturated heterocycles. The standard InChI is InChI=1S/C22H24N4O4/c1-24(2)22(30)19-14-8-9-26(12-13(14)11-23-20(19)28)21(29)16-10-18(27)25(3)17-7-5-4-6-15(16)17/h4-7,11,16H,8-10,12H2,1-3H3,(H,23,28). The Hall–Kier alpha value is -3.42. The number of H-pyrrole nitrogens is 1. The fourth-order valence-corrected chi connectivity index (χ4v) is 4.29. The third kappa shape index (κ3) is 3.18. The van der Waals surface area contributed by atoms with Crippen molar-refractivity contribution in [3.8, 4) is 0 Å². The van der Waals surface area contributed by atoms with Crippen LogP contribution in [-0.4, -0.2) is 60.2 Å². The molecule has 1 aromatic carbocycles. The van der Waals surface area contributed by atoms with Crippen molar-refractivity contribution >= 4 is 23.4 Å². The molecule has 156 valence electrons. The van der Waals surface area contributed by atoms with Gasteiger partial charge in [-0.25, -0.2) is 0 Å². The zero-order valence-corrected chi connectivity index (χ0v) is 17.3. The Morgan fingerprint density at radius 1 is 1.17 bits per heavy atom. The maximum atomic E-state index is 13.4. The first-order valence-corrected chi connectivity index (χ1v) is 9.89. The van der Waals surface area contributed by atoms with Crippen LogP contribution in [0.3, 0.4) is 0 Å². The van der Waals surface area contributed by atoms with Crippen molar-refractivity contribution in [2.24, 2.45) is 0 Å². The molecule has 2 aliphatic rings. The van der Waals surface area contributed by atoms with E-state index in [0.29, 0.717) is 25.1 Å². The number of aromatic amines is 1. The van der Waals surface area contributed by atoms with Crippen LogP contribution >= 0.6 is 0 Å². The maximum Gasteiger partial charge on any atom is 0.261 e. The van der Waals surface area contributed by atoms with E-state index in [1.54, 1.807) is 37.1 Å². The van der Waals surface area contributed by atoms with Crippen LogP contribution in [0.5, 0.6) is 0 Å². The Bertz CT molecular complexity index is 1100. The second-order valence-corrected chi connectivity index (χ2v) is 7.97. The molecule has 2 aliphatic heterocycles. The van der Waals surface area contributed by atoms with Crippen molar-refractivity contribution in [3.05, 3.63) is 63.1 Å². The number of rotatable bonds is 2. The highest BCUT2D eigenvalue weighted by molar-refractivity contribution is 6.02. The summed E-state index contributed by atoms with van der Waals surface area (Å²) in [5, 5.41) is 0. The van der Waals surface area contributed by atoms with Crippen molar-refractivity contribution in [2.75, 3.05) is 32.6 Å². The zero-order chi connectivity index (χ0) is 21.6. The summed E-state index contributed by atoms with van der Waals surface area (Å²) < 4.78 is 0. The molecule has 0 radical (unpaired) electrons. The normalized spacial score (nSPS) is 18.0. The minimum Gasteiger partial charge on any atom is -0.345 e. The van der Waals surface area contributed by atoms with Crippen LogP contribution in [0.2, 0.25) is 0 Å². The smallest absolute Gasteiger partial charge is 0.261 e. The average molecular weight is 408 g/mol. The molecule has 3 amide bonds. The van der Waals surface area contributed by atoms with E-state index in [4.69, 9.17) is 0 Å². The number of carbonyl (C=O) groups excluding carboxylic acids is 3. The van der Waals surface area contributed by atoms with Crippen LogP contribution in [0.1, 0.15) is 39.4 Å². The number of amides is 3. The second-order valence-electron chi connectivity index (χ2n) is 7.97. The van der Waals surface area contributed by atoms with E-state index >= 15 is 0 Å². The predicted molar refractivity (Wildman–Crippen MR) is 111 cm³/mol. The number of nitrogens with one attached hydrogen (secondary N) is 1. The summed E-state index contributed by atoms with van der Waals surface area (Å²) in [6.45, 7) is 0.688. The first-order valence-electron chi connectivity index (χ1n) is 9.89. The topological polar surface area (TPSA) is 93.8 Å². The van der Waals surface area contributed by atoms with Gasteiger partial charge in [0.25, 0.3) is 11.5 Å². The Morgan fingerprint density at radius 2 is 1.90 bits per heavy atom. The van der Waals surface area contributed by atoms with Gasteiger partial charge in [0.05, 0.1) is 5.92 Å². The first kappa shape index (κ1) is 19.9. The summed E-state index contributed by atoms with van der Waals surface area (Å²) in [5.41, 5.74) is 2.79. The summed E-state index contributed by atoms with van der Waals surface area (Å²) in [4.78, 5) is 57.9. The average Bonchev–Trinajstić information content (AvgIpc) is 2.75. The quantitative estimate of drug-likeness (QED) is 0.806. The molecular weight excluding hydrogens is 384 g/mol. The number of hydrogen-bond acceptors (Lipinski definition) is 4. The molecule has 0 bridgehead atoms. The third-order valence-electron chi connectivity index (χ3n) is 5.94. The van der Waals surface area contributed by atoms with Gasteiger partial charge < -0.3 is 19.7 Å². The molecule has 2 aromatic rings. The van der Waals surface area contributed by atoms with Crippen LogP contribution in [0, 0.1) is 0 Å². The maximum absolute atomic E-state index is 13.4. The number of carbonyl (C=O) groups is 3. The van der Waals surface area contributed by atoms with Gasteiger partial charge in [-0.15, -0.1) is 0 Å². The van der Waals surface area contributed by atoms with Crippen molar-refractivity contribution in [1.29, 1.82) is 0 Å². The lowest BCUT2D eigenvalue weighted by molar-refractivity contribution is -0.136. The highest BCUT2D eigenvalue weighted by atomic mass is 16.2.